The van der Waals surface area contributed by atoms with Crippen LogP contribution in [0.5, 0.6) is 0 Å². The lowest BCUT2D eigenvalue weighted by atomic mass is 10.2. The van der Waals surface area contributed by atoms with Gasteiger partial charge in [0.2, 0.25) is 0 Å². The van der Waals surface area contributed by atoms with Gasteiger partial charge in [0.1, 0.15) is 0 Å². The molecule has 0 aliphatic heterocycles. The van der Waals surface area contributed by atoms with Gasteiger partial charge in [-0.1, -0.05) is 0 Å². The first-order chi connectivity index (χ1) is 6.95. The summed E-state index contributed by atoms with van der Waals surface area (Å²) in [6, 6.07) is 0.204. The van der Waals surface area contributed by atoms with Crippen molar-refractivity contribution in [3.8, 4) is 0 Å². The summed E-state index contributed by atoms with van der Waals surface area (Å²) in [6.45, 7) is 5.76. The molecule has 1 N–H and O–H groups in total. The molecule has 0 saturated carbocycles. The molecule has 15 heavy (non-hydrogen) atoms. The zero-order chi connectivity index (χ0) is 11.7. The van der Waals surface area contributed by atoms with Gasteiger partial charge in [-0.3, -0.25) is 0 Å². The molecular formula is C10H20F3NO. The van der Waals surface area contributed by atoms with E-state index < -0.39 is 12.6 Å². The van der Waals surface area contributed by atoms with Gasteiger partial charge in [0.05, 0.1) is 6.61 Å². The highest BCUT2D eigenvalue weighted by atomic mass is 19.4. The van der Waals surface area contributed by atoms with Crippen molar-refractivity contribution >= 4 is 0 Å². The Kier molecular flexibility index (Phi) is 7.78. The molecular weight excluding hydrogens is 207 g/mol. The molecule has 92 valence electrons. The lowest BCUT2D eigenvalue weighted by Crippen LogP contribution is -2.31. The molecule has 0 amide bonds. The Balaban J connectivity index is 3.23. The Labute approximate surface area is 89.2 Å². The number of unbranched alkanes of at least 4 members (excludes halogenated alkanes) is 1. The van der Waals surface area contributed by atoms with Crippen LogP contribution in [0.3, 0.4) is 0 Å². The van der Waals surface area contributed by atoms with Crippen LogP contribution in [0.15, 0.2) is 0 Å². The van der Waals surface area contributed by atoms with E-state index in [1.54, 1.807) is 0 Å². The normalized spacial score (nSPS) is 14.2. The number of nitrogens with one attached hydrogen (secondary N) is 1. The van der Waals surface area contributed by atoms with Crippen molar-refractivity contribution in [1.29, 1.82) is 0 Å². The van der Waals surface area contributed by atoms with E-state index in [9.17, 15) is 13.2 Å². The second-order valence-electron chi connectivity index (χ2n) is 3.59. The molecule has 0 aromatic carbocycles. The van der Waals surface area contributed by atoms with Crippen LogP contribution in [0, 0.1) is 0 Å². The maximum Gasteiger partial charge on any atom is 0.389 e. The Morgan fingerprint density at radius 2 is 1.93 bits per heavy atom. The zero-order valence-corrected chi connectivity index (χ0v) is 9.36. The second kappa shape index (κ2) is 7.93. The minimum atomic E-state index is -4.02. The third-order valence-corrected chi connectivity index (χ3v) is 1.95. The van der Waals surface area contributed by atoms with Gasteiger partial charge in [0, 0.05) is 19.1 Å². The maximum absolute atomic E-state index is 11.8. The third-order valence-electron chi connectivity index (χ3n) is 1.95. The molecule has 0 fully saturated rings. The van der Waals surface area contributed by atoms with Crippen LogP contribution in [-0.2, 0) is 4.74 Å². The van der Waals surface area contributed by atoms with Gasteiger partial charge < -0.3 is 10.1 Å². The van der Waals surface area contributed by atoms with Gasteiger partial charge in [0.15, 0.2) is 0 Å². The minimum absolute atomic E-state index is 0.192. The van der Waals surface area contributed by atoms with Crippen molar-refractivity contribution in [3.05, 3.63) is 0 Å². The topological polar surface area (TPSA) is 21.3 Å². The van der Waals surface area contributed by atoms with Crippen LogP contribution in [0.2, 0.25) is 0 Å². The summed E-state index contributed by atoms with van der Waals surface area (Å²) in [5.41, 5.74) is 0. The number of hydrogen-bond acceptors (Lipinski definition) is 2. The van der Waals surface area contributed by atoms with E-state index in [1.807, 2.05) is 13.8 Å². The number of ether oxygens (including phenoxy) is 1. The minimum Gasteiger partial charge on any atom is -0.380 e. The summed E-state index contributed by atoms with van der Waals surface area (Å²) in [4.78, 5) is 0. The smallest absolute Gasteiger partial charge is 0.380 e. The monoisotopic (exact) mass is 227 g/mol. The molecule has 0 rings (SSSR count). The van der Waals surface area contributed by atoms with Gasteiger partial charge in [-0.05, 0) is 33.2 Å². The van der Waals surface area contributed by atoms with Crippen LogP contribution >= 0.6 is 0 Å². The van der Waals surface area contributed by atoms with Crippen molar-refractivity contribution in [2.45, 2.75) is 45.3 Å². The zero-order valence-electron chi connectivity index (χ0n) is 9.36. The fourth-order valence-electron chi connectivity index (χ4n) is 1.15. The first-order valence-electron chi connectivity index (χ1n) is 5.33. The molecule has 0 aliphatic carbocycles. The second-order valence-corrected chi connectivity index (χ2v) is 3.59. The van der Waals surface area contributed by atoms with Crippen LogP contribution in [0.1, 0.15) is 33.1 Å². The van der Waals surface area contributed by atoms with E-state index in [0.717, 1.165) is 0 Å². The largest absolute Gasteiger partial charge is 0.389 e. The summed E-state index contributed by atoms with van der Waals surface area (Å²) in [6.07, 6.45) is -3.96. The van der Waals surface area contributed by atoms with Gasteiger partial charge in [0.25, 0.3) is 0 Å². The summed E-state index contributed by atoms with van der Waals surface area (Å²) in [5.74, 6) is 0. The molecule has 0 aliphatic rings. The van der Waals surface area contributed by atoms with Crippen molar-refractivity contribution < 1.29 is 17.9 Å². The molecule has 0 heterocycles. The first-order valence-corrected chi connectivity index (χ1v) is 5.33. The quantitative estimate of drug-likeness (QED) is 0.644. The summed E-state index contributed by atoms with van der Waals surface area (Å²) >= 11 is 0. The highest BCUT2D eigenvalue weighted by Crippen LogP contribution is 2.21. The number of alkyl halides is 3. The van der Waals surface area contributed by atoms with Crippen LogP contribution in [0.4, 0.5) is 13.2 Å². The predicted molar refractivity (Wildman–Crippen MR) is 53.9 cm³/mol. The van der Waals surface area contributed by atoms with Crippen LogP contribution in [0.25, 0.3) is 0 Å². The Morgan fingerprint density at radius 3 is 2.47 bits per heavy atom. The van der Waals surface area contributed by atoms with E-state index in [1.165, 1.54) is 0 Å². The predicted octanol–water partition coefficient (Wildman–Crippen LogP) is 2.73. The molecule has 0 aromatic rings. The Hall–Kier alpha value is -0.290. The van der Waals surface area contributed by atoms with Crippen molar-refractivity contribution in [2.24, 2.45) is 0 Å². The van der Waals surface area contributed by atoms with Gasteiger partial charge in [-0.2, -0.15) is 13.2 Å². The molecule has 1 unspecified atom stereocenters. The average molecular weight is 227 g/mol. The van der Waals surface area contributed by atoms with Crippen molar-refractivity contribution in [1.82, 2.24) is 5.32 Å². The van der Waals surface area contributed by atoms with Gasteiger partial charge in [-0.25, -0.2) is 0 Å². The average Bonchev–Trinajstić information content (AvgIpc) is 2.12. The lowest BCUT2D eigenvalue weighted by Gasteiger charge is -2.13. The van der Waals surface area contributed by atoms with Crippen LogP contribution in [-0.4, -0.2) is 32.0 Å². The third kappa shape index (κ3) is 11.6. The van der Waals surface area contributed by atoms with E-state index in [4.69, 9.17) is 4.74 Å². The number of halogens is 3. The first kappa shape index (κ1) is 14.7. The Bertz CT molecular complexity index is 150. The highest BCUT2D eigenvalue weighted by Gasteiger charge is 2.25. The summed E-state index contributed by atoms with van der Waals surface area (Å²) < 4.78 is 40.5. The maximum atomic E-state index is 11.8. The molecule has 2 nitrogen and oxygen atoms in total. The van der Waals surface area contributed by atoms with Crippen LogP contribution < -0.4 is 5.32 Å². The number of hydrogen-bond donors (Lipinski definition) is 1. The molecule has 0 radical (unpaired) electrons. The molecule has 0 spiro atoms. The summed E-state index contributed by atoms with van der Waals surface area (Å²) in [5, 5.41) is 3.11. The molecule has 0 saturated heterocycles. The standard InChI is InChI=1S/C10H20F3NO/c1-3-15-8-9(2)14-7-5-4-6-10(11,12)13/h9,14H,3-8H2,1-2H3. The highest BCUT2D eigenvalue weighted by molar-refractivity contribution is 4.60. The molecule has 0 bridgehead atoms. The van der Waals surface area contributed by atoms with E-state index in [0.29, 0.717) is 26.2 Å². The van der Waals surface area contributed by atoms with Crippen molar-refractivity contribution in [3.63, 3.8) is 0 Å². The molecule has 0 aromatic heterocycles. The molecule has 1 atom stereocenters. The number of rotatable bonds is 8. The lowest BCUT2D eigenvalue weighted by molar-refractivity contribution is -0.135. The molecule has 5 heteroatoms. The SMILES string of the molecule is CCOCC(C)NCCCCC(F)(F)F. The van der Waals surface area contributed by atoms with Crippen molar-refractivity contribution in [2.75, 3.05) is 19.8 Å². The van der Waals surface area contributed by atoms with Gasteiger partial charge in [-0.15, -0.1) is 0 Å². The Morgan fingerprint density at radius 1 is 1.27 bits per heavy atom. The van der Waals surface area contributed by atoms with E-state index >= 15 is 0 Å². The van der Waals surface area contributed by atoms with Gasteiger partial charge >= 0.3 is 6.18 Å². The van der Waals surface area contributed by atoms with E-state index in [2.05, 4.69) is 5.32 Å². The summed E-state index contributed by atoms with van der Waals surface area (Å²) in [7, 11) is 0. The fraction of sp³-hybridized carbons (Fsp3) is 1.00. The van der Waals surface area contributed by atoms with E-state index in [-0.39, 0.29) is 12.5 Å². The fourth-order valence-corrected chi connectivity index (χ4v) is 1.15.